The Kier molecular flexibility index (Phi) is 8.49. The second-order valence-electron chi connectivity index (χ2n) is 6.51. The first-order valence-electron chi connectivity index (χ1n) is 9.05. The monoisotopic (exact) mass is 487 g/mol. The summed E-state index contributed by atoms with van der Waals surface area (Å²) < 4.78 is 18.3. The molecule has 1 N–H and O–H groups in total. The number of benzene rings is 1. The molecule has 0 atom stereocenters. The minimum Gasteiger partial charge on any atom is -0.364 e. The smallest absolute Gasteiger partial charge is 0.194 e. The molecule has 1 saturated heterocycles. The number of aromatic nitrogens is 1. The van der Waals surface area contributed by atoms with Gasteiger partial charge in [0.1, 0.15) is 12.1 Å². The van der Waals surface area contributed by atoms with Crippen molar-refractivity contribution in [3.05, 3.63) is 53.2 Å². The Morgan fingerprint density at radius 1 is 1.26 bits per heavy atom. The second kappa shape index (κ2) is 10.6. The number of aliphatic imine (C=N–C) groups is 1. The van der Waals surface area contributed by atoms with E-state index >= 15 is 0 Å². The van der Waals surface area contributed by atoms with E-state index in [0.717, 1.165) is 56.5 Å². The van der Waals surface area contributed by atoms with Crippen molar-refractivity contribution in [2.75, 3.05) is 32.7 Å². The third kappa shape index (κ3) is 6.17. The molecule has 0 aliphatic carbocycles. The predicted octanol–water partition coefficient (Wildman–Crippen LogP) is 3.02. The number of piperazine rings is 1. The summed E-state index contributed by atoms with van der Waals surface area (Å²) in [7, 11) is 0. The SMILES string of the molecule is CCNC(=NCc1ccc(F)c(C)c1)N1CCN(Cc2ccon2)CC1.I. The molecule has 1 aliphatic rings. The van der Waals surface area contributed by atoms with Crippen LogP contribution in [-0.4, -0.2) is 53.6 Å². The van der Waals surface area contributed by atoms with Gasteiger partial charge in [0.15, 0.2) is 5.96 Å². The van der Waals surface area contributed by atoms with Crippen LogP contribution in [0.1, 0.15) is 23.7 Å². The quantitative estimate of drug-likeness (QED) is 0.400. The number of nitrogens with one attached hydrogen (secondary N) is 1. The average Bonchev–Trinajstić information content (AvgIpc) is 3.15. The molecule has 2 heterocycles. The van der Waals surface area contributed by atoms with Gasteiger partial charge < -0.3 is 14.7 Å². The van der Waals surface area contributed by atoms with Gasteiger partial charge in [-0.05, 0) is 31.0 Å². The van der Waals surface area contributed by atoms with Gasteiger partial charge in [0, 0.05) is 45.3 Å². The van der Waals surface area contributed by atoms with E-state index in [1.807, 2.05) is 12.1 Å². The maximum Gasteiger partial charge on any atom is 0.194 e. The summed E-state index contributed by atoms with van der Waals surface area (Å²) in [5.74, 6) is 0.739. The maximum atomic E-state index is 13.4. The molecule has 1 aromatic heterocycles. The molecule has 0 amide bonds. The summed E-state index contributed by atoms with van der Waals surface area (Å²) in [6.45, 7) is 9.74. The van der Waals surface area contributed by atoms with Crippen molar-refractivity contribution in [1.29, 1.82) is 0 Å². The van der Waals surface area contributed by atoms with E-state index in [2.05, 4.69) is 27.2 Å². The van der Waals surface area contributed by atoms with Crippen LogP contribution in [0.25, 0.3) is 0 Å². The maximum absolute atomic E-state index is 13.4. The van der Waals surface area contributed by atoms with Crippen molar-refractivity contribution in [3.8, 4) is 0 Å². The van der Waals surface area contributed by atoms with Crippen molar-refractivity contribution in [2.45, 2.75) is 26.9 Å². The zero-order valence-electron chi connectivity index (χ0n) is 15.8. The van der Waals surface area contributed by atoms with Crippen LogP contribution in [0.3, 0.4) is 0 Å². The van der Waals surface area contributed by atoms with E-state index in [0.29, 0.717) is 12.1 Å². The third-order valence-electron chi connectivity index (χ3n) is 4.52. The Labute approximate surface area is 176 Å². The summed E-state index contributed by atoms with van der Waals surface area (Å²) >= 11 is 0. The van der Waals surface area contributed by atoms with E-state index in [-0.39, 0.29) is 29.8 Å². The zero-order chi connectivity index (χ0) is 18.4. The van der Waals surface area contributed by atoms with Crippen LogP contribution in [0.2, 0.25) is 0 Å². The molecule has 6 nitrogen and oxygen atoms in total. The first-order valence-corrected chi connectivity index (χ1v) is 9.05. The summed E-state index contributed by atoms with van der Waals surface area (Å²) in [6, 6.07) is 7.07. The van der Waals surface area contributed by atoms with Gasteiger partial charge in [0.2, 0.25) is 0 Å². The lowest BCUT2D eigenvalue weighted by Gasteiger charge is -2.36. The summed E-state index contributed by atoms with van der Waals surface area (Å²) in [4.78, 5) is 9.38. The Bertz CT molecular complexity index is 730. The van der Waals surface area contributed by atoms with Gasteiger partial charge in [-0.2, -0.15) is 0 Å². The Hall–Kier alpha value is -1.68. The van der Waals surface area contributed by atoms with Crippen LogP contribution >= 0.6 is 24.0 Å². The summed E-state index contributed by atoms with van der Waals surface area (Å²) in [6.07, 6.45) is 1.61. The van der Waals surface area contributed by atoms with Crippen LogP contribution in [0.4, 0.5) is 4.39 Å². The zero-order valence-corrected chi connectivity index (χ0v) is 18.2. The highest BCUT2D eigenvalue weighted by molar-refractivity contribution is 14.0. The van der Waals surface area contributed by atoms with Gasteiger partial charge in [0.05, 0.1) is 12.2 Å². The lowest BCUT2D eigenvalue weighted by molar-refractivity contribution is 0.169. The molecule has 27 heavy (non-hydrogen) atoms. The molecule has 3 rings (SSSR count). The highest BCUT2D eigenvalue weighted by Crippen LogP contribution is 2.11. The van der Waals surface area contributed by atoms with E-state index < -0.39 is 0 Å². The van der Waals surface area contributed by atoms with E-state index in [1.165, 1.54) is 6.07 Å². The van der Waals surface area contributed by atoms with E-state index in [9.17, 15) is 4.39 Å². The molecule has 1 aromatic carbocycles. The Morgan fingerprint density at radius 2 is 2.04 bits per heavy atom. The van der Waals surface area contributed by atoms with E-state index in [1.54, 1.807) is 19.3 Å². The number of halogens is 2. The molecule has 1 aliphatic heterocycles. The van der Waals surface area contributed by atoms with Crippen LogP contribution in [0.15, 0.2) is 40.0 Å². The second-order valence-corrected chi connectivity index (χ2v) is 6.51. The lowest BCUT2D eigenvalue weighted by atomic mass is 10.1. The van der Waals surface area contributed by atoms with Crippen LogP contribution in [-0.2, 0) is 13.1 Å². The van der Waals surface area contributed by atoms with Gasteiger partial charge in [-0.3, -0.25) is 4.90 Å². The number of aryl methyl sites for hydroxylation is 1. The first-order chi connectivity index (χ1) is 12.7. The van der Waals surface area contributed by atoms with Crippen LogP contribution in [0, 0.1) is 12.7 Å². The van der Waals surface area contributed by atoms with Crippen LogP contribution < -0.4 is 5.32 Å². The fourth-order valence-electron chi connectivity index (χ4n) is 3.06. The third-order valence-corrected chi connectivity index (χ3v) is 4.52. The molecule has 2 aromatic rings. The normalized spacial score (nSPS) is 15.5. The minimum absolute atomic E-state index is 0. The molecule has 1 fully saturated rings. The fourth-order valence-corrected chi connectivity index (χ4v) is 3.06. The molecule has 8 heteroatoms. The standard InChI is InChI=1S/C19H26FN5O.HI/c1-3-21-19(22-13-16-4-5-18(20)15(2)12-16)25-9-7-24(8-10-25)14-17-6-11-26-23-17;/h4-6,11-12H,3,7-10,13-14H2,1-2H3,(H,21,22);1H. The molecule has 0 bridgehead atoms. The topological polar surface area (TPSA) is 56.9 Å². The largest absolute Gasteiger partial charge is 0.364 e. The van der Waals surface area contributed by atoms with Gasteiger partial charge >= 0.3 is 0 Å². The highest BCUT2D eigenvalue weighted by atomic mass is 127. The highest BCUT2D eigenvalue weighted by Gasteiger charge is 2.20. The number of guanidine groups is 1. The molecule has 0 spiro atoms. The number of hydrogen-bond acceptors (Lipinski definition) is 4. The Morgan fingerprint density at radius 3 is 2.67 bits per heavy atom. The van der Waals surface area contributed by atoms with Crippen molar-refractivity contribution >= 4 is 29.9 Å². The molecule has 0 saturated carbocycles. The summed E-state index contributed by atoms with van der Waals surface area (Å²) in [5, 5.41) is 7.34. The van der Waals surface area contributed by atoms with Crippen molar-refractivity contribution < 1.29 is 8.91 Å². The van der Waals surface area contributed by atoms with Gasteiger partial charge in [0.25, 0.3) is 0 Å². The molecular formula is C19H27FIN5O. The van der Waals surface area contributed by atoms with Crippen molar-refractivity contribution in [1.82, 2.24) is 20.3 Å². The Balaban J connectivity index is 0.00000261. The molecule has 0 radical (unpaired) electrons. The minimum atomic E-state index is -0.173. The average molecular weight is 487 g/mol. The van der Waals surface area contributed by atoms with Gasteiger partial charge in [-0.15, -0.1) is 24.0 Å². The lowest BCUT2D eigenvalue weighted by Crippen LogP contribution is -2.52. The number of nitrogens with zero attached hydrogens (tertiary/aromatic N) is 4. The molecule has 0 unspecified atom stereocenters. The summed E-state index contributed by atoms with van der Waals surface area (Å²) in [5.41, 5.74) is 2.64. The van der Waals surface area contributed by atoms with E-state index in [4.69, 9.17) is 9.52 Å². The van der Waals surface area contributed by atoms with Crippen molar-refractivity contribution in [2.24, 2.45) is 4.99 Å². The molecule has 148 valence electrons. The molecular weight excluding hydrogens is 460 g/mol. The van der Waals surface area contributed by atoms with Gasteiger partial charge in [-0.1, -0.05) is 17.3 Å². The van der Waals surface area contributed by atoms with Crippen LogP contribution in [0.5, 0.6) is 0 Å². The number of hydrogen-bond donors (Lipinski definition) is 1. The number of rotatable bonds is 5. The first kappa shape index (κ1) is 21.6. The predicted molar refractivity (Wildman–Crippen MR) is 115 cm³/mol. The fraction of sp³-hybridized carbons (Fsp3) is 0.474. The van der Waals surface area contributed by atoms with Gasteiger partial charge in [-0.25, -0.2) is 9.38 Å². The van der Waals surface area contributed by atoms with Crippen molar-refractivity contribution in [3.63, 3.8) is 0 Å².